The van der Waals surface area contributed by atoms with E-state index in [0.717, 1.165) is 25.2 Å². The minimum Gasteiger partial charge on any atom is -0.389 e. The van der Waals surface area contributed by atoms with E-state index in [9.17, 15) is 5.11 Å². The normalized spacial score (nSPS) is 29.5. The Morgan fingerprint density at radius 2 is 2.00 bits per heavy atom. The van der Waals surface area contributed by atoms with Gasteiger partial charge in [-0.05, 0) is 62.7 Å². The molecule has 0 bridgehead atoms. The van der Waals surface area contributed by atoms with Crippen LogP contribution >= 0.6 is 0 Å². The first-order valence-corrected chi connectivity index (χ1v) is 8.42. The Labute approximate surface area is 126 Å². The van der Waals surface area contributed by atoms with Gasteiger partial charge in [-0.2, -0.15) is 0 Å². The van der Waals surface area contributed by atoms with Crippen molar-refractivity contribution in [1.82, 2.24) is 0 Å². The molecule has 1 rings (SSSR count). The maximum Gasteiger partial charge on any atom is 0.0754 e. The van der Waals surface area contributed by atoms with Crippen molar-refractivity contribution in [3.8, 4) is 0 Å². The van der Waals surface area contributed by atoms with Crippen LogP contribution in [0, 0.1) is 23.7 Å². The largest absolute Gasteiger partial charge is 0.389 e. The maximum atomic E-state index is 10.6. The number of hydrogen-bond acceptors (Lipinski definition) is 1. The zero-order chi connectivity index (χ0) is 15.1. The van der Waals surface area contributed by atoms with Crippen LogP contribution in [0.15, 0.2) is 24.3 Å². The highest BCUT2D eigenvalue weighted by molar-refractivity contribution is 5.05. The lowest BCUT2D eigenvalue weighted by Crippen LogP contribution is -2.35. The number of allylic oxidation sites excluding steroid dienone is 2. The van der Waals surface area contributed by atoms with Gasteiger partial charge in [0.2, 0.25) is 0 Å². The Hall–Kier alpha value is -0.560. The van der Waals surface area contributed by atoms with Crippen molar-refractivity contribution >= 4 is 0 Å². The predicted octanol–water partition coefficient (Wildman–Crippen LogP) is 5.36. The summed E-state index contributed by atoms with van der Waals surface area (Å²) in [6, 6.07) is 0. The summed E-state index contributed by atoms with van der Waals surface area (Å²) in [5, 5.41) is 10.6. The van der Waals surface area contributed by atoms with Crippen LogP contribution in [-0.4, -0.2) is 11.2 Å². The van der Waals surface area contributed by atoms with E-state index in [2.05, 4.69) is 40.3 Å². The summed E-state index contributed by atoms with van der Waals surface area (Å²) in [4.78, 5) is 0. The van der Waals surface area contributed by atoms with Crippen LogP contribution in [0.1, 0.15) is 66.2 Å². The average molecular weight is 278 g/mol. The summed E-state index contributed by atoms with van der Waals surface area (Å²) >= 11 is 0. The molecule has 20 heavy (non-hydrogen) atoms. The average Bonchev–Trinajstić information content (AvgIpc) is 2.38. The topological polar surface area (TPSA) is 20.2 Å². The highest BCUT2D eigenvalue weighted by atomic mass is 16.3. The van der Waals surface area contributed by atoms with Crippen LogP contribution in [0.5, 0.6) is 0 Å². The van der Waals surface area contributed by atoms with Crippen LogP contribution in [0.2, 0.25) is 0 Å². The fraction of sp³-hybridized carbons (Fsp3) is 0.789. The van der Waals surface area contributed by atoms with Gasteiger partial charge in [-0.3, -0.25) is 0 Å². The molecule has 0 spiro atoms. The lowest BCUT2D eigenvalue weighted by atomic mass is 9.68. The molecule has 1 heteroatoms. The summed E-state index contributed by atoms with van der Waals surface area (Å²) in [6.45, 7) is 12.9. The molecule has 0 saturated heterocycles. The quantitative estimate of drug-likeness (QED) is 0.491. The van der Waals surface area contributed by atoms with Crippen molar-refractivity contribution in [1.29, 1.82) is 0 Å². The monoisotopic (exact) mass is 278 g/mol. The van der Waals surface area contributed by atoms with Gasteiger partial charge in [-0.1, -0.05) is 44.9 Å². The molecule has 0 aromatic carbocycles. The lowest BCUT2D eigenvalue weighted by molar-refractivity contribution is 0.0422. The molecular weight excluding hydrogens is 244 g/mol. The highest BCUT2D eigenvalue weighted by Gasteiger charge is 2.34. The molecule has 0 radical (unpaired) electrons. The zero-order valence-electron chi connectivity index (χ0n) is 13.9. The van der Waals surface area contributed by atoms with Crippen LogP contribution < -0.4 is 0 Å². The molecule has 1 aliphatic rings. The minimum atomic E-state index is -0.256. The number of rotatable bonds is 7. The molecule has 0 heterocycles. The van der Waals surface area contributed by atoms with Gasteiger partial charge in [-0.25, -0.2) is 0 Å². The van der Waals surface area contributed by atoms with Crippen molar-refractivity contribution in [2.24, 2.45) is 23.7 Å². The molecule has 1 N–H and O–H groups in total. The third-order valence-corrected chi connectivity index (χ3v) is 4.95. The van der Waals surface area contributed by atoms with Gasteiger partial charge in [0.1, 0.15) is 0 Å². The van der Waals surface area contributed by atoms with E-state index in [1.807, 2.05) is 6.08 Å². The molecule has 1 aliphatic carbocycles. The van der Waals surface area contributed by atoms with E-state index in [1.165, 1.54) is 24.8 Å². The van der Waals surface area contributed by atoms with Crippen LogP contribution in [-0.2, 0) is 0 Å². The Morgan fingerprint density at radius 3 is 2.60 bits per heavy atom. The summed E-state index contributed by atoms with van der Waals surface area (Å²) in [6.07, 6.45) is 10.9. The summed E-state index contributed by atoms with van der Waals surface area (Å²) in [5.74, 6) is 2.57. The van der Waals surface area contributed by atoms with Crippen LogP contribution in [0.25, 0.3) is 0 Å². The van der Waals surface area contributed by atoms with E-state index in [-0.39, 0.29) is 6.10 Å². The highest BCUT2D eigenvalue weighted by Crippen LogP contribution is 2.40. The second-order valence-corrected chi connectivity index (χ2v) is 7.17. The van der Waals surface area contributed by atoms with Gasteiger partial charge in [0.25, 0.3) is 0 Å². The van der Waals surface area contributed by atoms with Gasteiger partial charge < -0.3 is 5.11 Å². The Morgan fingerprint density at radius 1 is 1.30 bits per heavy atom. The van der Waals surface area contributed by atoms with E-state index >= 15 is 0 Å². The van der Waals surface area contributed by atoms with Gasteiger partial charge in [0.15, 0.2) is 0 Å². The first-order chi connectivity index (χ1) is 9.45. The van der Waals surface area contributed by atoms with Crippen molar-refractivity contribution in [2.45, 2.75) is 72.3 Å². The number of aliphatic hydroxyl groups is 1. The van der Waals surface area contributed by atoms with Gasteiger partial charge in [-0.15, -0.1) is 6.58 Å². The van der Waals surface area contributed by atoms with Gasteiger partial charge >= 0.3 is 0 Å². The zero-order valence-corrected chi connectivity index (χ0v) is 13.9. The molecule has 0 aliphatic heterocycles. The Kier molecular flexibility index (Phi) is 7.58. The predicted molar refractivity (Wildman–Crippen MR) is 88.6 cm³/mol. The molecule has 0 unspecified atom stereocenters. The lowest BCUT2D eigenvalue weighted by Gasteiger charge is -2.39. The van der Waals surface area contributed by atoms with Crippen molar-refractivity contribution < 1.29 is 5.11 Å². The second kappa shape index (κ2) is 8.67. The molecule has 0 aromatic rings. The molecule has 4 atom stereocenters. The number of unbranched alkanes of at least 4 members (excludes halogenated alkanes) is 1. The molecule has 0 amide bonds. The third kappa shape index (κ3) is 5.44. The Bertz CT molecular complexity index is 316. The molecule has 1 nitrogen and oxygen atoms in total. The fourth-order valence-electron chi connectivity index (χ4n) is 3.69. The van der Waals surface area contributed by atoms with Crippen LogP contribution in [0.3, 0.4) is 0 Å². The van der Waals surface area contributed by atoms with Crippen molar-refractivity contribution in [3.05, 3.63) is 24.3 Å². The maximum absolute atomic E-state index is 10.6. The summed E-state index contributed by atoms with van der Waals surface area (Å²) in [5.41, 5.74) is 1.33. The minimum absolute atomic E-state index is 0.256. The van der Waals surface area contributed by atoms with E-state index < -0.39 is 0 Å². The third-order valence-electron chi connectivity index (χ3n) is 4.95. The molecule has 1 saturated carbocycles. The van der Waals surface area contributed by atoms with E-state index in [4.69, 9.17) is 0 Å². The molecular formula is C19H34O. The second-order valence-electron chi connectivity index (χ2n) is 7.17. The van der Waals surface area contributed by atoms with E-state index in [0.29, 0.717) is 17.8 Å². The Balaban J connectivity index is 2.63. The standard InChI is InChI=1S/C19H34O/c1-6-7-8-9-15(4)13-19(20)18-12-16(5)10-11-17(18)14(2)3/h6,13-14,16-20H,1,7-12H2,2-5H3/b15-13+/t16-,17+,18-,19+/m1/s1. The number of aliphatic hydroxyl groups excluding tert-OH is 1. The molecule has 1 fully saturated rings. The van der Waals surface area contributed by atoms with Crippen molar-refractivity contribution in [2.75, 3.05) is 0 Å². The SMILES string of the molecule is C=CCCC/C(C)=C/[C@H](O)[C@@H]1C[C@H](C)CC[C@H]1C(C)C. The smallest absolute Gasteiger partial charge is 0.0754 e. The first-order valence-electron chi connectivity index (χ1n) is 8.42. The molecule has 0 aromatic heterocycles. The summed E-state index contributed by atoms with van der Waals surface area (Å²) in [7, 11) is 0. The summed E-state index contributed by atoms with van der Waals surface area (Å²) < 4.78 is 0. The van der Waals surface area contributed by atoms with Crippen molar-refractivity contribution in [3.63, 3.8) is 0 Å². The fourth-order valence-corrected chi connectivity index (χ4v) is 3.69. The first kappa shape index (κ1) is 17.5. The molecule has 116 valence electrons. The van der Waals surface area contributed by atoms with E-state index in [1.54, 1.807) is 0 Å². The van der Waals surface area contributed by atoms with Gasteiger partial charge in [0.05, 0.1) is 6.10 Å². The number of hydrogen-bond donors (Lipinski definition) is 1. The van der Waals surface area contributed by atoms with Gasteiger partial charge in [0, 0.05) is 0 Å². The van der Waals surface area contributed by atoms with Crippen LogP contribution in [0.4, 0.5) is 0 Å².